The van der Waals surface area contributed by atoms with Crippen molar-refractivity contribution in [3.05, 3.63) is 18.2 Å². The van der Waals surface area contributed by atoms with Crippen LogP contribution in [0.4, 0.5) is 5.13 Å². The summed E-state index contributed by atoms with van der Waals surface area (Å²) < 4.78 is 6.18. The quantitative estimate of drug-likeness (QED) is 0.623. The molecule has 1 aromatic heterocycles. The van der Waals surface area contributed by atoms with Crippen molar-refractivity contribution in [1.82, 2.24) is 14.8 Å². The number of benzene rings is 1. The molecule has 0 unspecified atom stereocenters. The lowest BCUT2D eigenvalue weighted by Crippen LogP contribution is -2.43. The lowest BCUT2D eigenvalue weighted by molar-refractivity contribution is -0.141. The van der Waals surface area contributed by atoms with Crippen LogP contribution in [0.3, 0.4) is 0 Å². The molecule has 0 saturated carbocycles. The molecule has 3 amide bonds. The van der Waals surface area contributed by atoms with Crippen molar-refractivity contribution < 1.29 is 19.1 Å². The van der Waals surface area contributed by atoms with E-state index in [-0.39, 0.29) is 37.1 Å². The number of carbonyl (C=O) groups is 3. The van der Waals surface area contributed by atoms with Gasteiger partial charge in [-0.05, 0) is 39.2 Å². The number of anilines is 1. The van der Waals surface area contributed by atoms with E-state index in [1.165, 1.54) is 11.3 Å². The third-order valence-electron chi connectivity index (χ3n) is 4.55. The number of likely N-dealkylation sites (tertiary alicyclic amines) is 1. The van der Waals surface area contributed by atoms with E-state index in [1.54, 1.807) is 12.0 Å². The van der Waals surface area contributed by atoms with Crippen molar-refractivity contribution in [1.29, 1.82) is 0 Å². The smallest absolute Gasteiger partial charge is 0.248 e. The van der Waals surface area contributed by atoms with Gasteiger partial charge in [0.2, 0.25) is 17.7 Å². The average Bonchev–Trinajstić information content (AvgIpc) is 3.22. The minimum atomic E-state index is -0.298. The van der Waals surface area contributed by atoms with Gasteiger partial charge < -0.3 is 9.64 Å². The number of ether oxygens (including phenoxy) is 1. The van der Waals surface area contributed by atoms with E-state index in [1.807, 2.05) is 37.2 Å². The Bertz CT molecular complexity index is 879. The second kappa shape index (κ2) is 8.66. The average molecular weight is 404 g/mol. The van der Waals surface area contributed by atoms with E-state index in [0.29, 0.717) is 17.4 Å². The largest absolute Gasteiger partial charge is 0.497 e. The summed E-state index contributed by atoms with van der Waals surface area (Å²) in [6.45, 7) is 1.03. The second-order valence-corrected chi connectivity index (χ2v) is 7.92. The van der Waals surface area contributed by atoms with Crippen LogP contribution in [0, 0.1) is 0 Å². The van der Waals surface area contributed by atoms with Crippen molar-refractivity contribution in [2.24, 2.45) is 0 Å². The summed E-state index contributed by atoms with van der Waals surface area (Å²) in [4.78, 5) is 46.0. The SMILES string of the molecule is COc1ccc2sc(N(CCCN(C)C)C(=O)CN3C(=O)CCC3=O)nc2c1. The molecule has 1 saturated heterocycles. The van der Waals surface area contributed by atoms with Crippen LogP contribution in [0.25, 0.3) is 10.2 Å². The molecule has 1 aliphatic rings. The lowest BCUT2D eigenvalue weighted by Gasteiger charge is -2.23. The van der Waals surface area contributed by atoms with E-state index < -0.39 is 0 Å². The molecule has 1 aliphatic heterocycles. The highest BCUT2D eigenvalue weighted by Gasteiger charge is 2.32. The molecule has 9 heteroatoms. The lowest BCUT2D eigenvalue weighted by atomic mass is 10.3. The normalized spacial score (nSPS) is 14.4. The zero-order valence-corrected chi connectivity index (χ0v) is 17.1. The number of carbonyl (C=O) groups excluding carboxylic acids is 3. The Kier molecular flexibility index (Phi) is 6.25. The number of methoxy groups -OCH3 is 1. The van der Waals surface area contributed by atoms with Crippen molar-refractivity contribution in [3.63, 3.8) is 0 Å². The predicted octanol–water partition coefficient (Wildman–Crippen LogP) is 1.74. The maximum Gasteiger partial charge on any atom is 0.248 e. The van der Waals surface area contributed by atoms with Gasteiger partial charge >= 0.3 is 0 Å². The molecule has 0 bridgehead atoms. The minimum Gasteiger partial charge on any atom is -0.497 e. The standard InChI is InChI=1S/C19H24N4O4S/c1-21(2)9-4-10-22(18(26)12-23-16(24)7-8-17(23)25)19-20-14-11-13(27-3)5-6-15(14)28-19/h5-6,11H,4,7-10,12H2,1-3H3. The van der Waals surface area contributed by atoms with E-state index in [4.69, 9.17) is 4.74 Å². The van der Waals surface area contributed by atoms with Crippen molar-refractivity contribution >= 4 is 44.4 Å². The molecular formula is C19H24N4O4S. The summed E-state index contributed by atoms with van der Waals surface area (Å²) in [7, 11) is 5.53. The third kappa shape index (κ3) is 4.48. The van der Waals surface area contributed by atoms with Gasteiger partial charge in [0.1, 0.15) is 12.3 Å². The van der Waals surface area contributed by atoms with Crippen LogP contribution in [0.2, 0.25) is 0 Å². The summed E-state index contributed by atoms with van der Waals surface area (Å²) in [5.74, 6) is -0.183. The number of hydrogen-bond donors (Lipinski definition) is 0. The van der Waals surface area contributed by atoms with Crippen LogP contribution >= 0.6 is 11.3 Å². The molecule has 0 radical (unpaired) electrons. The number of rotatable bonds is 8. The number of nitrogens with zero attached hydrogens (tertiary/aromatic N) is 4. The fraction of sp³-hybridized carbons (Fsp3) is 0.474. The molecule has 1 fully saturated rings. The Labute approximate surface area is 167 Å². The van der Waals surface area contributed by atoms with Crippen LogP contribution in [0.15, 0.2) is 18.2 Å². The van der Waals surface area contributed by atoms with Gasteiger partial charge in [0.05, 0.1) is 17.3 Å². The van der Waals surface area contributed by atoms with Gasteiger partial charge in [0.15, 0.2) is 5.13 Å². The summed E-state index contributed by atoms with van der Waals surface area (Å²) >= 11 is 1.41. The summed E-state index contributed by atoms with van der Waals surface area (Å²) in [5, 5.41) is 0.561. The predicted molar refractivity (Wildman–Crippen MR) is 108 cm³/mol. The first-order valence-corrected chi connectivity index (χ1v) is 9.93. The number of fused-ring (bicyclic) bond motifs is 1. The topological polar surface area (TPSA) is 83.0 Å². The van der Waals surface area contributed by atoms with Crippen molar-refractivity contribution in [2.75, 3.05) is 45.7 Å². The Balaban J connectivity index is 1.84. The monoisotopic (exact) mass is 404 g/mol. The maximum absolute atomic E-state index is 13.0. The molecule has 0 N–H and O–H groups in total. The number of aromatic nitrogens is 1. The molecule has 0 spiro atoms. The molecule has 2 aromatic rings. The summed E-state index contributed by atoms with van der Waals surface area (Å²) in [6, 6.07) is 5.58. The summed E-state index contributed by atoms with van der Waals surface area (Å²) in [5.41, 5.74) is 0.748. The zero-order valence-electron chi connectivity index (χ0n) is 16.3. The van der Waals surface area contributed by atoms with Gasteiger partial charge in [-0.2, -0.15) is 0 Å². The van der Waals surface area contributed by atoms with Gasteiger partial charge in [-0.25, -0.2) is 4.98 Å². The fourth-order valence-corrected chi connectivity index (χ4v) is 4.02. The number of thiazole rings is 1. The first-order chi connectivity index (χ1) is 13.4. The molecular weight excluding hydrogens is 380 g/mol. The fourth-order valence-electron chi connectivity index (χ4n) is 3.03. The van der Waals surface area contributed by atoms with Crippen molar-refractivity contribution in [3.8, 4) is 5.75 Å². The Morgan fingerprint density at radius 2 is 1.93 bits per heavy atom. The number of imide groups is 1. The number of hydrogen-bond acceptors (Lipinski definition) is 7. The molecule has 8 nitrogen and oxygen atoms in total. The molecule has 1 aromatic carbocycles. The first kappa shape index (κ1) is 20.2. The van der Waals surface area contributed by atoms with Gasteiger partial charge in [-0.1, -0.05) is 11.3 Å². The van der Waals surface area contributed by atoms with Crippen LogP contribution in [-0.4, -0.2) is 73.3 Å². The van der Waals surface area contributed by atoms with Crippen molar-refractivity contribution in [2.45, 2.75) is 19.3 Å². The molecule has 3 rings (SSSR count). The van der Waals surface area contributed by atoms with Crippen LogP contribution in [0.1, 0.15) is 19.3 Å². The van der Waals surface area contributed by atoms with E-state index in [2.05, 4.69) is 4.98 Å². The van der Waals surface area contributed by atoms with Gasteiger partial charge in [0.25, 0.3) is 0 Å². The molecule has 0 atom stereocenters. The Morgan fingerprint density at radius 3 is 2.57 bits per heavy atom. The van der Waals surface area contributed by atoms with E-state index in [0.717, 1.165) is 28.1 Å². The zero-order chi connectivity index (χ0) is 20.3. The molecule has 150 valence electrons. The highest BCUT2D eigenvalue weighted by atomic mass is 32.1. The van der Waals surface area contributed by atoms with E-state index in [9.17, 15) is 14.4 Å². The minimum absolute atomic E-state index is 0.174. The highest BCUT2D eigenvalue weighted by molar-refractivity contribution is 7.22. The van der Waals surface area contributed by atoms with Gasteiger partial charge in [-0.3, -0.25) is 24.2 Å². The third-order valence-corrected chi connectivity index (χ3v) is 5.61. The number of amides is 3. The molecule has 28 heavy (non-hydrogen) atoms. The first-order valence-electron chi connectivity index (χ1n) is 9.12. The Hall–Kier alpha value is -2.52. The second-order valence-electron chi connectivity index (χ2n) is 6.91. The highest BCUT2D eigenvalue weighted by Crippen LogP contribution is 2.31. The van der Waals surface area contributed by atoms with Gasteiger partial charge in [0, 0.05) is 25.5 Å². The van der Waals surface area contributed by atoms with Crippen LogP contribution < -0.4 is 9.64 Å². The van der Waals surface area contributed by atoms with Crippen LogP contribution in [0.5, 0.6) is 5.75 Å². The van der Waals surface area contributed by atoms with Gasteiger partial charge in [-0.15, -0.1) is 0 Å². The Morgan fingerprint density at radius 1 is 1.21 bits per heavy atom. The van der Waals surface area contributed by atoms with E-state index >= 15 is 0 Å². The summed E-state index contributed by atoms with van der Waals surface area (Å²) in [6.07, 6.45) is 1.10. The molecule has 2 heterocycles. The van der Waals surface area contributed by atoms with Crippen LogP contribution in [-0.2, 0) is 14.4 Å². The maximum atomic E-state index is 13.0. The molecule has 0 aliphatic carbocycles.